The zero-order valence-electron chi connectivity index (χ0n) is 2.06. The van der Waals surface area contributed by atoms with Gasteiger partial charge in [0, 0.05) is 37.8 Å². The number of hydrogen-bond donors (Lipinski definition) is 1. The summed E-state index contributed by atoms with van der Waals surface area (Å²) in [5.74, 6) is 0. The van der Waals surface area contributed by atoms with Crippen molar-refractivity contribution in [3.63, 3.8) is 0 Å². The van der Waals surface area contributed by atoms with Crippen LogP contribution in [0, 0.1) is 0 Å². The maximum atomic E-state index is 0. The molecule has 0 saturated carbocycles. The van der Waals surface area contributed by atoms with Crippen molar-refractivity contribution in [1.82, 2.24) is 6.15 Å². The average molecular weight is 408 g/mol. The molecule has 0 rings (SSSR count). The fourth-order valence-corrected chi connectivity index (χ4v) is 0. The molecule has 0 amide bonds. The minimum absolute atomic E-state index is 0. The third kappa shape index (κ3) is 24.4. The van der Waals surface area contributed by atoms with Gasteiger partial charge in [0.25, 0.3) is 0 Å². The standard InChI is InChI=1S/CH4.Co.H3N.Pt.Sn.2H/h1H4;;1H3;;;;. The van der Waals surface area contributed by atoms with E-state index < -0.39 is 0 Å². The van der Waals surface area contributed by atoms with Gasteiger partial charge in [-0.1, -0.05) is 7.43 Å². The van der Waals surface area contributed by atoms with Crippen LogP contribution in [0.1, 0.15) is 7.43 Å². The molecule has 41 valence electrons. The van der Waals surface area contributed by atoms with Crippen molar-refractivity contribution in [3.8, 4) is 0 Å². The van der Waals surface area contributed by atoms with Gasteiger partial charge in [-0.3, -0.25) is 0 Å². The molecule has 3 N–H and O–H groups in total. The summed E-state index contributed by atoms with van der Waals surface area (Å²) in [6.07, 6.45) is 0. The molecule has 0 saturated heterocycles. The van der Waals surface area contributed by atoms with Crippen molar-refractivity contribution in [1.29, 1.82) is 0 Å². The summed E-state index contributed by atoms with van der Waals surface area (Å²) >= 11 is 0. The van der Waals surface area contributed by atoms with E-state index in [2.05, 4.69) is 0 Å². The predicted molar refractivity (Wildman–Crippen MR) is 20.3 cm³/mol. The second-order valence-corrected chi connectivity index (χ2v) is 0. The summed E-state index contributed by atoms with van der Waals surface area (Å²) < 4.78 is 0. The van der Waals surface area contributed by atoms with E-state index in [9.17, 15) is 0 Å². The predicted octanol–water partition coefficient (Wildman–Crippen LogP) is -0.123. The molecule has 1 nitrogen and oxygen atoms in total. The Hall–Kier alpha value is 1.95. The SMILES string of the molecule is C.N.[Co].[Pt].[SnH2]. The zero-order chi connectivity index (χ0) is 0. The van der Waals surface area contributed by atoms with E-state index in [4.69, 9.17) is 0 Å². The monoisotopic (exact) mass is 409 g/mol. The van der Waals surface area contributed by atoms with Gasteiger partial charge < -0.3 is 6.15 Å². The van der Waals surface area contributed by atoms with Crippen LogP contribution in [0.15, 0.2) is 0 Å². The molecule has 0 unspecified atom stereocenters. The van der Waals surface area contributed by atoms with Crippen LogP contribution in [0.25, 0.3) is 0 Å². The van der Waals surface area contributed by atoms with Crippen molar-refractivity contribution in [2.75, 3.05) is 0 Å². The van der Waals surface area contributed by atoms with Crippen LogP contribution < -0.4 is 6.15 Å². The van der Waals surface area contributed by atoms with Gasteiger partial charge >= 0.3 is 23.9 Å². The molecule has 0 aliphatic rings. The average Bonchev–Trinajstić information content (AvgIpc) is 0. The van der Waals surface area contributed by atoms with Crippen LogP contribution in [-0.4, -0.2) is 23.9 Å². The molecule has 4 heteroatoms. The van der Waals surface area contributed by atoms with E-state index in [1.54, 1.807) is 0 Å². The Labute approximate surface area is 74.7 Å². The Morgan fingerprint density at radius 1 is 1.00 bits per heavy atom. The fraction of sp³-hybridized carbons (Fsp3) is 1.00. The Bertz CT molecular complexity index is 11.6. The van der Waals surface area contributed by atoms with Crippen molar-refractivity contribution in [2.45, 2.75) is 7.43 Å². The van der Waals surface area contributed by atoms with E-state index in [0.29, 0.717) is 0 Å². The molecule has 3 radical (unpaired) electrons. The molecular weight excluding hydrogens is 399 g/mol. The minimum atomic E-state index is 0. The maximum absolute atomic E-state index is 0. The first-order valence-corrected chi connectivity index (χ1v) is 0. The Morgan fingerprint density at radius 2 is 1.00 bits per heavy atom. The quantitative estimate of drug-likeness (QED) is 0.558. The Kier molecular flexibility index (Phi) is 494. The van der Waals surface area contributed by atoms with Crippen molar-refractivity contribution in [2.24, 2.45) is 0 Å². The molecule has 0 aromatic carbocycles. The topological polar surface area (TPSA) is 35.0 Å². The van der Waals surface area contributed by atoms with Gasteiger partial charge in [0.1, 0.15) is 0 Å². The van der Waals surface area contributed by atoms with Crippen LogP contribution in [0.5, 0.6) is 0 Å². The van der Waals surface area contributed by atoms with E-state index in [1.165, 1.54) is 0 Å². The van der Waals surface area contributed by atoms with Crippen molar-refractivity contribution in [3.05, 3.63) is 0 Å². The summed E-state index contributed by atoms with van der Waals surface area (Å²) in [6.45, 7) is 0. The van der Waals surface area contributed by atoms with Gasteiger partial charge in [-0.05, 0) is 0 Å². The van der Waals surface area contributed by atoms with E-state index in [-0.39, 0.29) is 75.3 Å². The van der Waals surface area contributed by atoms with E-state index >= 15 is 0 Å². The Morgan fingerprint density at radius 3 is 1.00 bits per heavy atom. The van der Waals surface area contributed by atoms with Crippen LogP contribution in [0.4, 0.5) is 0 Å². The van der Waals surface area contributed by atoms with E-state index in [0.717, 1.165) is 0 Å². The van der Waals surface area contributed by atoms with Crippen LogP contribution >= 0.6 is 0 Å². The zero-order valence-corrected chi connectivity index (χ0v) is 9.41. The van der Waals surface area contributed by atoms with Gasteiger partial charge in [-0.25, -0.2) is 0 Å². The van der Waals surface area contributed by atoms with Crippen molar-refractivity contribution >= 4 is 23.9 Å². The summed E-state index contributed by atoms with van der Waals surface area (Å²) in [5, 5.41) is 0. The van der Waals surface area contributed by atoms with Crippen molar-refractivity contribution < 1.29 is 37.8 Å². The summed E-state index contributed by atoms with van der Waals surface area (Å²) in [4.78, 5) is 0. The molecule has 0 aromatic heterocycles. The third-order valence-corrected chi connectivity index (χ3v) is 0. The van der Waals surface area contributed by atoms with Gasteiger partial charge in [0.15, 0.2) is 0 Å². The third-order valence-electron chi connectivity index (χ3n) is 0. The molecule has 0 aliphatic carbocycles. The normalized spacial score (nSPS) is 0. The Balaban J connectivity index is 0. The molecule has 0 bridgehead atoms. The van der Waals surface area contributed by atoms with Crippen LogP contribution in [0.2, 0.25) is 0 Å². The van der Waals surface area contributed by atoms with Gasteiger partial charge in [-0.2, -0.15) is 0 Å². The first kappa shape index (κ1) is 64.6. The fourth-order valence-electron chi connectivity index (χ4n) is 0. The number of hydrogen-bond acceptors (Lipinski definition) is 1. The van der Waals surface area contributed by atoms with Crippen LogP contribution in [0.3, 0.4) is 0 Å². The summed E-state index contributed by atoms with van der Waals surface area (Å²) in [7, 11) is 0. The van der Waals surface area contributed by atoms with E-state index in [1.807, 2.05) is 0 Å². The molecule has 0 heterocycles. The molecule has 0 fully saturated rings. The molecule has 0 aliphatic heterocycles. The molecular formula is CH9CoNPtSn. The molecule has 0 spiro atoms. The first-order valence-electron chi connectivity index (χ1n) is 0. The number of rotatable bonds is 0. The summed E-state index contributed by atoms with van der Waals surface area (Å²) in [6, 6.07) is 0. The molecule has 0 aromatic rings. The summed E-state index contributed by atoms with van der Waals surface area (Å²) in [5.41, 5.74) is 0. The van der Waals surface area contributed by atoms with Gasteiger partial charge in [0.05, 0.1) is 0 Å². The first-order chi connectivity index (χ1) is 0. The van der Waals surface area contributed by atoms with Gasteiger partial charge in [0.2, 0.25) is 0 Å². The second-order valence-electron chi connectivity index (χ2n) is 0. The van der Waals surface area contributed by atoms with Gasteiger partial charge in [-0.15, -0.1) is 0 Å². The second kappa shape index (κ2) is 38.3. The molecule has 0 atom stereocenters. The molecule has 5 heavy (non-hydrogen) atoms. The van der Waals surface area contributed by atoms with Crippen LogP contribution in [-0.2, 0) is 37.8 Å².